The van der Waals surface area contributed by atoms with Crippen LogP contribution in [0.4, 0.5) is 0 Å². The van der Waals surface area contributed by atoms with Gasteiger partial charge in [-0.05, 0) is 45.9 Å². The van der Waals surface area contributed by atoms with E-state index in [1.807, 2.05) is 0 Å². The zero-order valence-electron chi connectivity index (χ0n) is 20.1. The summed E-state index contributed by atoms with van der Waals surface area (Å²) in [6, 6.07) is 3.88. The first-order chi connectivity index (χ1) is 16.7. The normalized spacial score (nSPS) is 12.2. The van der Waals surface area contributed by atoms with Crippen molar-refractivity contribution >= 4 is 21.6 Å². The van der Waals surface area contributed by atoms with Gasteiger partial charge in [-0.3, -0.25) is 9.78 Å². The lowest BCUT2D eigenvalue weighted by Gasteiger charge is -2.30. The number of nitrogens with zero attached hydrogens (tertiary/aromatic N) is 3. The van der Waals surface area contributed by atoms with Crippen molar-refractivity contribution in [1.82, 2.24) is 19.1 Å². The highest BCUT2D eigenvalue weighted by Crippen LogP contribution is 2.27. The quantitative estimate of drug-likeness (QED) is 0.335. The average molecular weight is 535 g/mol. The second-order valence-corrected chi connectivity index (χ2v) is 9.28. The number of aromatic nitrogens is 3. The third kappa shape index (κ3) is 7.93. The molecule has 0 aliphatic carbocycles. The number of aromatic amines is 1. The molecule has 0 radical (unpaired) electrons. The van der Waals surface area contributed by atoms with E-state index in [2.05, 4.69) is 10.1 Å². The summed E-state index contributed by atoms with van der Waals surface area (Å²) in [6.07, 6.45) is -0.735. The van der Waals surface area contributed by atoms with Crippen molar-refractivity contribution in [3.05, 3.63) is 50.3 Å². The minimum atomic E-state index is -4.20. The van der Waals surface area contributed by atoms with Crippen LogP contribution in [-0.2, 0) is 29.0 Å². The van der Waals surface area contributed by atoms with E-state index in [4.69, 9.17) is 30.5 Å². The molecular weight excluding hydrogens is 504 g/mol. The van der Waals surface area contributed by atoms with Gasteiger partial charge < -0.3 is 18.9 Å². The first-order valence-corrected chi connectivity index (χ1v) is 12.9. The molecule has 1 N–H and O–H groups in total. The second-order valence-electron chi connectivity index (χ2n) is 6.97. The fourth-order valence-electron chi connectivity index (χ4n) is 3.16. The number of hydrogen-bond acceptors (Lipinski definition) is 9. The number of halogens is 1. The Balaban J connectivity index is 2.48. The van der Waals surface area contributed by atoms with Gasteiger partial charge in [0.2, 0.25) is 10.0 Å². The first kappa shape index (κ1) is 29.1. The molecule has 35 heavy (non-hydrogen) atoms. The SMILES string of the molecule is CCOC(CN(CC(OCC)OCC)S(=O)(=O)c1ccc(-n2ncc(=O)[nH]c2=O)cc1Cl)OCC. The lowest BCUT2D eigenvalue weighted by Crippen LogP contribution is -2.45. The summed E-state index contributed by atoms with van der Waals surface area (Å²) < 4.78 is 51.6. The van der Waals surface area contributed by atoms with Gasteiger partial charge in [-0.1, -0.05) is 11.6 Å². The topological polar surface area (TPSA) is 142 Å². The lowest BCUT2D eigenvalue weighted by molar-refractivity contribution is -0.160. The number of H-pyrrole nitrogens is 1. The number of sulfonamides is 1. The molecule has 14 heteroatoms. The highest BCUT2D eigenvalue weighted by atomic mass is 35.5. The van der Waals surface area contributed by atoms with Crippen LogP contribution in [0.3, 0.4) is 0 Å². The highest BCUT2D eigenvalue weighted by Gasteiger charge is 2.32. The van der Waals surface area contributed by atoms with Crippen LogP contribution in [0.25, 0.3) is 5.69 Å². The summed E-state index contributed by atoms with van der Waals surface area (Å²) in [7, 11) is -4.20. The van der Waals surface area contributed by atoms with E-state index in [9.17, 15) is 18.0 Å². The Morgan fingerprint density at radius 2 is 1.49 bits per heavy atom. The zero-order valence-corrected chi connectivity index (χ0v) is 21.7. The van der Waals surface area contributed by atoms with E-state index in [1.54, 1.807) is 27.7 Å². The monoisotopic (exact) mass is 534 g/mol. The highest BCUT2D eigenvalue weighted by molar-refractivity contribution is 7.89. The molecule has 2 aromatic rings. The Bertz CT molecular complexity index is 1140. The van der Waals surface area contributed by atoms with E-state index in [0.29, 0.717) is 26.4 Å². The Morgan fingerprint density at radius 1 is 0.971 bits per heavy atom. The van der Waals surface area contributed by atoms with Crippen molar-refractivity contribution in [2.45, 2.75) is 45.2 Å². The van der Waals surface area contributed by atoms with Gasteiger partial charge in [0.1, 0.15) is 11.1 Å². The molecule has 1 aromatic carbocycles. The number of rotatable bonds is 15. The molecule has 12 nitrogen and oxygen atoms in total. The smallest absolute Gasteiger partial charge is 0.349 e. The molecule has 1 aromatic heterocycles. The van der Waals surface area contributed by atoms with Gasteiger partial charge >= 0.3 is 5.69 Å². The van der Waals surface area contributed by atoms with Gasteiger partial charge in [-0.25, -0.2) is 13.2 Å². The third-order valence-corrected chi connectivity index (χ3v) is 6.92. The molecule has 0 atom stereocenters. The van der Waals surface area contributed by atoms with Gasteiger partial charge in [-0.2, -0.15) is 14.1 Å². The lowest BCUT2D eigenvalue weighted by atomic mass is 10.3. The van der Waals surface area contributed by atoms with Gasteiger partial charge in [0.05, 0.1) is 23.8 Å². The minimum absolute atomic E-state index is 0.139. The van der Waals surface area contributed by atoms with Crippen LogP contribution in [0.2, 0.25) is 5.02 Å². The predicted octanol–water partition coefficient (Wildman–Crippen LogP) is 1.36. The molecule has 196 valence electrons. The molecule has 0 aliphatic rings. The van der Waals surface area contributed by atoms with Crippen LogP contribution in [0.1, 0.15) is 27.7 Å². The minimum Gasteiger partial charge on any atom is -0.352 e. The van der Waals surface area contributed by atoms with Gasteiger partial charge in [-0.15, -0.1) is 0 Å². The molecule has 0 unspecified atom stereocenters. The molecule has 1 heterocycles. The maximum atomic E-state index is 13.7. The molecule has 0 bridgehead atoms. The van der Waals surface area contributed by atoms with Crippen molar-refractivity contribution in [3.8, 4) is 5.69 Å². The maximum Gasteiger partial charge on any atom is 0.349 e. The summed E-state index contributed by atoms with van der Waals surface area (Å²) in [5, 5.41) is 3.60. The number of ether oxygens (including phenoxy) is 4. The Kier molecular flexibility index (Phi) is 11.5. The van der Waals surface area contributed by atoms with Crippen molar-refractivity contribution in [2.75, 3.05) is 39.5 Å². The molecule has 0 amide bonds. The van der Waals surface area contributed by atoms with Crippen LogP contribution >= 0.6 is 11.6 Å². The fourth-order valence-corrected chi connectivity index (χ4v) is 5.09. The Labute approximate surface area is 208 Å². The van der Waals surface area contributed by atoms with Gasteiger partial charge in [0.15, 0.2) is 12.6 Å². The van der Waals surface area contributed by atoms with Crippen LogP contribution in [0, 0.1) is 0 Å². The summed E-state index contributed by atoms with van der Waals surface area (Å²) in [6.45, 7) is 8.08. The third-order valence-electron chi connectivity index (χ3n) is 4.61. The first-order valence-electron chi connectivity index (χ1n) is 11.1. The van der Waals surface area contributed by atoms with E-state index in [0.717, 1.165) is 15.2 Å². The molecule has 0 fully saturated rings. The number of hydrogen-bond donors (Lipinski definition) is 1. The van der Waals surface area contributed by atoms with Crippen molar-refractivity contribution < 1.29 is 27.4 Å². The largest absolute Gasteiger partial charge is 0.352 e. The summed E-state index contributed by atoms with van der Waals surface area (Å²) in [5.41, 5.74) is -1.29. The summed E-state index contributed by atoms with van der Waals surface area (Å²) >= 11 is 6.36. The predicted molar refractivity (Wildman–Crippen MR) is 128 cm³/mol. The molecular formula is C21H31ClN4O8S. The molecule has 0 aliphatic heterocycles. The van der Waals surface area contributed by atoms with Crippen LogP contribution in [-0.4, -0.2) is 79.6 Å². The molecule has 0 saturated carbocycles. The zero-order chi connectivity index (χ0) is 26.0. The number of benzene rings is 1. The maximum absolute atomic E-state index is 13.7. The van der Waals surface area contributed by atoms with E-state index in [-0.39, 0.29) is 28.7 Å². The molecule has 0 spiro atoms. The second kappa shape index (κ2) is 13.8. The van der Waals surface area contributed by atoms with Crippen LogP contribution in [0.5, 0.6) is 0 Å². The van der Waals surface area contributed by atoms with Crippen molar-refractivity contribution in [1.29, 1.82) is 0 Å². The van der Waals surface area contributed by atoms with Crippen LogP contribution < -0.4 is 11.2 Å². The molecule has 2 rings (SSSR count). The summed E-state index contributed by atoms with van der Waals surface area (Å²) in [5.74, 6) is 0. The van der Waals surface area contributed by atoms with Crippen molar-refractivity contribution in [2.24, 2.45) is 0 Å². The molecule has 0 saturated heterocycles. The number of nitrogens with one attached hydrogen (secondary N) is 1. The van der Waals surface area contributed by atoms with Crippen LogP contribution in [0.15, 0.2) is 38.9 Å². The van der Waals surface area contributed by atoms with E-state index >= 15 is 0 Å². The van der Waals surface area contributed by atoms with E-state index in [1.165, 1.54) is 18.2 Å². The Hall–Kier alpha value is -2.13. The Morgan fingerprint density at radius 3 is 1.91 bits per heavy atom. The average Bonchev–Trinajstić information content (AvgIpc) is 2.79. The summed E-state index contributed by atoms with van der Waals surface area (Å²) in [4.78, 5) is 25.2. The van der Waals surface area contributed by atoms with Gasteiger partial charge in [0.25, 0.3) is 5.56 Å². The van der Waals surface area contributed by atoms with Crippen molar-refractivity contribution in [3.63, 3.8) is 0 Å². The van der Waals surface area contributed by atoms with Gasteiger partial charge in [0, 0.05) is 26.4 Å². The van der Waals surface area contributed by atoms with E-state index < -0.39 is 33.9 Å². The fraction of sp³-hybridized carbons (Fsp3) is 0.571. The standard InChI is InChI=1S/C21H31ClN4O8S/c1-5-31-19(32-6-2)13-25(14-20(33-7-3)34-8-4)35(29,30)17-10-9-15(11-16(17)22)26-21(28)24-18(27)12-23-26/h9-12,19-20H,5-8,13-14H2,1-4H3,(H,24,27,28).